The normalized spacial score (nSPS) is 18.5. The Morgan fingerprint density at radius 2 is 1.93 bits per heavy atom. The summed E-state index contributed by atoms with van der Waals surface area (Å²) in [6.45, 7) is 6.28. The van der Waals surface area contributed by atoms with Crippen molar-refractivity contribution in [2.45, 2.75) is 45.2 Å². The topological polar surface area (TPSA) is 61.6 Å². The smallest absolute Gasteiger partial charge is 0.194 e. The number of hydrogen-bond donors (Lipinski definition) is 1. The van der Waals surface area contributed by atoms with E-state index in [9.17, 15) is 0 Å². The molecule has 0 amide bonds. The Morgan fingerprint density at radius 3 is 2.59 bits per heavy atom. The molecule has 1 aliphatic heterocycles. The van der Waals surface area contributed by atoms with Gasteiger partial charge in [0.05, 0.1) is 0 Å². The fourth-order valence-corrected chi connectivity index (χ4v) is 4.26. The first-order valence-corrected chi connectivity index (χ1v) is 10.9. The Kier molecular flexibility index (Phi) is 6.23. The zero-order valence-electron chi connectivity index (χ0n) is 17.3. The van der Waals surface area contributed by atoms with Crippen molar-refractivity contribution in [3.8, 4) is 0 Å². The van der Waals surface area contributed by atoms with E-state index < -0.39 is 0 Å². The van der Waals surface area contributed by atoms with Gasteiger partial charge in [0.25, 0.3) is 0 Å². The van der Waals surface area contributed by atoms with Gasteiger partial charge >= 0.3 is 0 Å². The van der Waals surface area contributed by atoms with Crippen LogP contribution in [0.15, 0.2) is 29.3 Å². The minimum absolute atomic E-state index is 0.529. The number of anilines is 1. The lowest BCUT2D eigenvalue weighted by Gasteiger charge is -2.38. The molecule has 1 saturated heterocycles. The molecule has 29 heavy (non-hydrogen) atoms. The molecule has 1 N–H and O–H groups in total. The summed E-state index contributed by atoms with van der Waals surface area (Å²) in [7, 11) is 1.99. The molecule has 2 heterocycles. The van der Waals surface area contributed by atoms with Crippen LogP contribution in [-0.2, 0) is 13.6 Å². The van der Waals surface area contributed by atoms with E-state index in [4.69, 9.17) is 16.6 Å². The summed E-state index contributed by atoms with van der Waals surface area (Å²) in [5.74, 6) is 2.81. The minimum atomic E-state index is 0.529. The first kappa shape index (κ1) is 20.0. The summed E-state index contributed by atoms with van der Waals surface area (Å²) in [5, 5.41) is 12.9. The molecular weight excluding hydrogens is 386 g/mol. The number of aromatic nitrogens is 3. The minimum Gasteiger partial charge on any atom is -0.368 e. The maximum atomic E-state index is 6.17. The van der Waals surface area contributed by atoms with E-state index in [0.717, 1.165) is 48.8 Å². The van der Waals surface area contributed by atoms with Gasteiger partial charge in [-0.3, -0.25) is 0 Å². The molecule has 0 radical (unpaired) electrons. The molecule has 2 fully saturated rings. The molecule has 7 nitrogen and oxygen atoms in total. The highest BCUT2D eigenvalue weighted by Gasteiger charge is 2.24. The molecule has 0 bridgehead atoms. The number of nitrogens with one attached hydrogen (secondary N) is 1. The third-order valence-electron chi connectivity index (χ3n) is 5.99. The lowest BCUT2D eigenvalue weighted by molar-refractivity contribution is 0.365. The van der Waals surface area contributed by atoms with Crippen molar-refractivity contribution < 1.29 is 0 Å². The molecule has 1 saturated carbocycles. The molecule has 156 valence electrons. The van der Waals surface area contributed by atoms with Crippen molar-refractivity contribution >= 4 is 23.2 Å². The van der Waals surface area contributed by atoms with Crippen LogP contribution in [0.2, 0.25) is 5.02 Å². The predicted molar refractivity (Wildman–Crippen MR) is 118 cm³/mol. The highest BCUT2D eigenvalue weighted by Crippen LogP contribution is 2.22. The van der Waals surface area contributed by atoms with Gasteiger partial charge in [0, 0.05) is 50.0 Å². The number of piperazine rings is 1. The van der Waals surface area contributed by atoms with Gasteiger partial charge in [-0.15, -0.1) is 10.2 Å². The van der Waals surface area contributed by atoms with E-state index in [-0.39, 0.29) is 0 Å². The second-order valence-electron chi connectivity index (χ2n) is 7.94. The van der Waals surface area contributed by atoms with E-state index >= 15 is 0 Å². The quantitative estimate of drug-likeness (QED) is 0.614. The highest BCUT2D eigenvalue weighted by molar-refractivity contribution is 6.30. The van der Waals surface area contributed by atoms with Crippen LogP contribution in [0.25, 0.3) is 0 Å². The van der Waals surface area contributed by atoms with Gasteiger partial charge in [0.2, 0.25) is 0 Å². The second-order valence-corrected chi connectivity index (χ2v) is 8.38. The van der Waals surface area contributed by atoms with Crippen LogP contribution >= 0.6 is 11.6 Å². The van der Waals surface area contributed by atoms with Gasteiger partial charge in [-0.2, -0.15) is 0 Å². The summed E-state index contributed by atoms with van der Waals surface area (Å²) in [5.41, 5.74) is 1.19. The van der Waals surface area contributed by atoms with Gasteiger partial charge in [-0.1, -0.05) is 30.5 Å². The molecule has 4 rings (SSSR count). The maximum Gasteiger partial charge on any atom is 0.194 e. The fourth-order valence-electron chi connectivity index (χ4n) is 4.07. The number of halogens is 1. The van der Waals surface area contributed by atoms with Crippen molar-refractivity contribution in [1.29, 1.82) is 0 Å². The first-order valence-electron chi connectivity index (χ1n) is 10.5. The van der Waals surface area contributed by atoms with Gasteiger partial charge in [-0.05, 0) is 38.0 Å². The van der Waals surface area contributed by atoms with E-state index in [1.165, 1.54) is 31.4 Å². The molecule has 0 spiro atoms. The Bertz CT molecular complexity index is 848. The van der Waals surface area contributed by atoms with Crippen molar-refractivity contribution in [1.82, 2.24) is 25.0 Å². The van der Waals surface area contributed by atoms with Crippen molar-refractivity contribution in [2.24, 2.45) is 12.0 Å². The first-order chi connectivity index (χ1) is 14.1. The van der Waals surface area contributed by atoms with Gasteiger partial charge in [0.1, 0.15) is 12.4 Å². The largest absolute Gasteiger partial charge is 0.368 e. The Hall–Kier alpha value is -2.28. The Morgan fingerprint density at radius 1 is 1.17 bits per heavy atom. The fraction of sp³-hybridized carbons (Fsp3) is 0.571. The number of guanidine groups is 1. The number of rotatable bonds is 4. The number of aryl methyl sites for hydroxylation is 1. The molecule has 8 heteroatoms. The standard InChI is InChI=1S/C21H30ClN7/c1-16-25-26-20(27(16)2)15-23-21(24-18-7-3-4-8-18)29-12-10-28(11-13-29)19-9-5-6-17(22)14-19/h5-6,9,14,18H,3-4,7-8,10-13,15H2,1-2H3,(H,23,24). The summed E-state index contributed by atoms with van der Waals surface area (Å²) < 4.78 is 2.01. The molecule has 1 aliphatic carbocycles. The SMILES string of the molecule is Cc1nnc(CN=C(NC2CCCC2)N2CCN(c3cccc(Cl)c3)CC2)n1C. The van der Waals surface area contributed by atoms with E-state index in [1.807, 2.05) is 36.7 Å². The summed E-state index contributed by atoms with van der Waals surface area (Å²) in [4.78, 5) is 9.70. The zero-order chi connectivity index (χ0) is 20.2. The zero-order valence-corrected chi connectivity index (χ0v) is 18.1. The van der Waals surface area contributed by atoms with Crippen LogP contribution in [0.4, 0.5) is 5.69 Å². The lowest BCUT2D eigenvalue weighted by atomic mass is 10.2. The van der Waals surface area contributed by atoms with Crippen LogP contribution in [0.1, 0.15) is 37.3 Å². The van der Waals surface area contributed by atoms with Crippen LogP contribution in [-0.4, -0.2) is 57.8 Å². The molecule has 2 aliphatic rings. The van der Waals surface area contributed by atoms with Gasteiger partial charge in [-0.25, -0.2) is 4.99 Å². The average molecular weight is 416 g/mol. The van der Waals surface area contributed by atoms with Crippen LogP contribution in [0, 0.1) is 6.92 Å². The van der Waals surface area contributed by atoms with Crippen LogP contribution in [0.3, 0.4) is 0 Å². The number of nitrogens with zero attached hydrogens (tertiary/aromatic N) is 6. The number of hydrogen-bond acceptors (Lipinski definition) is 4. The second kappa shape index (κ2) is 9.03. The molecule has 2 aromatic rings. The summed E-state index contributed by atoms with van der Waals surface area (Å²) in [6.07, 6.45) is 5.06. The molecule has 0 atom stereocenters. The number of benzene rings is 1. The van der Waals surface area contributed by atoms with E-state index in [0.29, 0.717) is 12.6 Å². The molecule has 1 aromatic carbocycles. The monoisotopic (exact) mass is 415 g/mol. The molecule has 1 aromatic heterocycles. The van der Waals surface area contributed by atoms with Crippen molar-refractivity contribution in [2.75, 3.05) is 31.1 Å². The third kappa shape index (κ3) is 4.83. The Balaban J connectivity index is 1.44. The predicted octanol–water partition coefficient (Wildman–Crippen LogP) is 2.99. The van der Waals surface area contributed by atoms with Gasteiger partial charge in [0.15, 0.2) is 11.8 Å². The Labute approximate surface area is 177 Å². The molecule has 0 unspecified atom stereocenters. The highest BCUT2D eigenvalue weighted by atomic mass is 35.5. The van der Waals surface area contributed by atoms with Crippen LogP contribution in [0.5, 0.6) is 0 Å². The summed E-state index contributed by atoms with van der Waals surface area (Å²) >= 11 is 6.17. The van der Waals surface area contributed by atoms with E-state index in [2.05, 4.69) is 31.4 Å². The van der Waals surface area contributed by atoms with E-state index in [1.54, 1.807) is 0 Å². The lowest BCUT2D eigenvalue weighted by Crippen LogP contribution is -2.54. The number of aliphatic imine (C=N–C) groups is 1. The average Bonchev–Trinajstić information content (AvgIpc) is 3.36. The van der Waals surface area contributed by atoms with Crippen molar-refractivity contribution in [3.05, 3.63) is 40.9 Å². The van der Waals surface area contributed by atoms with Crippen molar-refractivity contribution in [3.63, 3.8) is 0 Å². The van der Waals surface area contributed by atoms with Crippen LogP contribution < -0.4 is 10.2 Å². The third-order valence-corrected chi connectivity index (χ3v) is 6.23. The molecular formula is C21H30ClN7. The maximum absolute atomic E-state index is 6.17. The van der Waals surface area contributed by atoms with Gasteiger partial charge < -0.3 is 19.7 Å². The summed E-state index contributed by atoms with van der Waals surface area (Å²) in [6, 6.07) is 8.64.